The molecule has 0 spiro atoms. The maximum Gasteiger partial charge on any atom is 0.408 e. The number of carbonyl (C=O) groups is 3. The first-order chi connectivity index (χ1) is 13.7. The summed E-state index contributed by atoms with van der Waals surface area (Å²) in [5.41, 5.74) is 0.569. The molecule has 1 atom stereocenters. The van der Waals surface area contributed by atoms with E-state index in [2.05, 4.69) is 16.0 Å². The van der Waals surface area contributed by atoms with Crippen LogP contribution in [0, 0.1) is 0 Å². The Labute approximate surface area is 170 Å². The van der Waals surface area contributed by atoms with Crippen LogP contribution in [0.25, 0.3) is 0 Å². The van der Waals surface area contributed by atoms with Crippen molar-refractivity contribution in [3.05, 3.63) is 60.7 Å². The molecule has 29 heavy (non-hydrogen) atoms. The number of hydrogen-bond acceptors (Lipinski definition) is 4. The zero-order valence-electron chi connectivity index (χ0n) is 16.9. The molecule has 2 rings (SSSR count). The first kappa shape index (κ1) is 21.9. The second kappa shape index (κ2) is 10.3. The van der Waals surface area contributed by atoms with Crippen molar-refractivity contribution in [2.24, 2.45) is 0 Å². The van der Waals surface area contributed by atoms with Crippen LogP contribution in [0.2, 0.25) is 0 Å². The van der Waals surface area contributed by atoms with Crippen LogP contribution < -0.4 is 16.0 Å². The van der Waals surface area contributed by atoms with Gasteiger partial charge in [0.2, 0.25) is 11.8 Å². The summed E-state index contributed by atoms with van der Waals surface area (Å²) >= 11 is 0. The third-order valence-corrected chi connectivity index (χ3v) is 3.77. The molecular formula is C22H27N3O4. The van der Waals surface area contributed by atoms with E-state index >= 15 is 0 Å². The van der Waals surface area contributed by atoms with E-state index in [-0.39, 0.29) is 18.7 Å². The highest BCUT2D eigenvalue weighted by atomic mass is 16.6. The number of para-hydroxylation sites is 2. The van der Waals surface area contributed by atoms with Gasteiger partial charge in [-0.05, 0) is 51.5 Å². The molecule has 0 heterocycles. The van der Waals surface area contributed by atoms with Gasteiger partial charge in [-0.2, -0.15) is 0 Å². The Hall–Kier alpha value is -3.35. The maximum atomic E-state index is 12.7. The van der Waals surface area contributed by atoms with Gasteiger partial charge in [0.25, 0.3) is 0 Å². The van der Waals surface area contributed by atoms with Crippen molar-refractivity contribution in [3.63, 3.8) is 0 Å². The molecular weight excluding hydrogens is 370 g/mol. The fraction of sp³-hybridized carbons (Fsp3) is 0.318. The minimum Gasteiger partial charge on any atom is -0.444 e. The van der Waals surface area contributed by atoms with E-state index < -0.39 is 23.6 Å². The highest BCUT2D eigenvalue weighted by molar-refractivity contribution is 5.97. The van der Waals surface area contributed by atoms with Gasteiger partial charge in [0.15, 0.2) is 0 Å². The van der Waals surface area contributed by atoms with Crippen molar-refractivity contribution in [1.82, 2.24) is 5.32 Å². The summed E-state index contributed by atoms with van der Waals surface area (Å²) in [6, 6.07) is 17.0. The number of amides is 3. The summed E-state index contributed by atoms with van der Waals surface area (Å²) in [7, 11) is 0. The van der Waals surface area contributed by atoms with E-state index in [9.17, 15) is 14.4 Å². The number of anilines is 2. The zero-order valence-corrected chi connectivity index (χ0v) is 16.9. The fourth-order valence-corrected chi connectivity index (χ4v) is 2.49. The minimum absolute atomic E-state index is 0.0531. The van der Waals surface area contributed by atoms with E-state index in [0.29, 0.717) is 11.4 Å². The van der Waals surface area contributed by atoms with Crippen molar-refractivity contribution >= 4 is 29.3 Å². The van der Waals surface area contributed by atoms with Crippen molar-refractivity contribution < 1.29 is 19.1 Å². The Morgan fingerprint density at radius 2 is 1.38 bits per heavy atom. The first-order valence-electron chi connectivity index (χ1n) is 9.43. The lowest BCUT2D eigenvalue weighted by molar-refractivity contribution is -0.119. The first-order valence-corrected chi connectivity index (χ1v) is 9.43. The molecule has 0 bridgehead atoms. The Morgan fingerprint density at radius 1 is 0.862 bits per heavy atom. The van der Waals surface area contributed by atoms with Gasteiger partial charge in [-0.15, -0.1) is 0 Å². The van der Waals surface area contributed by atoms with Crippen LogP contribution in [0.3, 0.4) is 0 Å². The SMILES string of the molecule is CC(C)(C)OC(=O)N[C@H](CCC(=O)Nc1ccccc1)C(=O)Nc1ccccc1. The van der Waals surface area contributed by atoms with Crippen molar-refractivity contribution in [2.45, 2.75) is 45.3 Å². The van der Waals surface area contributed by atoms with E-state index in [0.717, 1.165) is 0 Å². The Kier molecular flexibility index (Phi) is 7.77. The molecule has 154 valence electrons. The number of alkyl carbamates (subject to hydrolysis) is 1. The van der Waals surface area contributed by atoms with E-state index in [1.165, 1.54) is 0 Å². The van der Waals surface area contributed by atoms with Crippen molar-refractivity contribution in [3.8, 4) is 0 Å². The number of rotatable bonds is 7. The molecule has 0 fully saturated rings. The monoisotopic (exact) mass is 397 g/mol. The second-order valence-electron chi connectivity index (χ2n) is 7.51. The third kappa shape index (κ3) is 8.47. The van der Waals surface area contributed by atoms with Gasteiger partial charge in [0.1, 0.15) is 11.6 Å². The van der Waals surface area contributed by atoms with Crippen molar-refractivity contribution in [1.29, 1.82) is 0 Å². The molecule has 0 aliphatic rings. The van der Waals surface area contributed by atoms with Gasteiger partial charge in [-0.1, -0.05) is 36.4 Å². The van der Waals surface area contributed by atoms with E-state index in [1.54, 1.807) is 57.2 Å². The van der Waals surface area contributed by atoms with E-state index in [4.69, 9.17) is 4.74 Å². The maximum absolute atomic E-state index is 12.7. The van der Waals surface area contributed by atoms with Gasteiger partial charge < -0.3 is 20.7 Å². The lowest BCUT2D eigenvalue weighted by Crippen LogP contribution is -2.46. The number of nitrogens with one attached hydrogen (secondary N) is 3. The fourth-order valence-electron chi connectivity index (χ4n) is 2.49. The molecule has 2 aromatic rings. The standard InChI is InChI=1S/C22H27N3O4/c1-22(2,3)29-21(28)25-18(20(27)24-17-12-8-5-9-13-17)14-15-19(26)23-16-10-6-4-7-11-16/h4-13,18H,14-15H2,1-3H3,(H,23,26)(H,24,27)(H,25,28)/t18-/m1/s1. The normalized spacial score (nSPS) is 11.8. The van der Waals surface area contributed by atoms with E-state index in [1.807, 2.05) is 24.3 Å². The largest absolute Gasteiger partial charge is 0.444 e. The van der Waals surface area contributed by atoms with Crippen LogP contribution >= 0.6 is 0 Å². The summed E-state index contributed by atoms with van der Waals surface area (Å²) in [5, 5.41) is 8.07. The van der Waals surface area contributed by atoms with Gasteiger partial charge in [0, 0.05) is 17.8 Å². The molecule has 0 radical (unpaired) electrons. The number of benzene rings is 2. The van der Waals surface area contributed by atoms with Crippen molar-refractivity contribution in [2.75, 3.05) is 10.6 Å². The summed E-state index contributed by atoms with van der Waals surface area (Å²) in [4.78, 5) is 37.0. The smallest absolute Gasteiger partial charge is 0.408 e. The van der Waals surface area contributed by atoms with Crippen LogP contribution in [-0.4, -0.2) is 29.6 Å². The summed E-state index contributed by atoms with van der Waals surface area (Å²) < 4.78 is 5.24. The molecule has 2 aromatic carbocycles. The molecule has 0 saturated heterocycles. The quantitative estimate of drug-likeness (QED) is 0.659. The second-order valence-corrected chi connectivity index (χ2v) is 7.51. The lowest BCUT2D eigenvalue weighted by atomic mass is 10.1. The van der Waals surface area contributed by atoms with Crippen LogP contribution in [-0.2, 0) is 14.3 Å². The average molecular weight is 397 g/mol. The molecule has 0 saturated carbocycles. The Morgan fingerprint density at radius 3 is 1.90 bits per heavy atom. The summed E-state index contributed by atoms with van der Waals surface area (Å²) in [5.74, 6) is -0.672. The average Bonchev–Trinajstić information content (AvgIpc) is 2.65. The topological polar surface area (TPSA) is 96.5 Å². The molecule has 7 heteroatoms. The number of hydrogen-bond donors (Lipinski definition) is 3. The molecule has 3 amide bonds. The molecule has 7 nitrogen and oxygen atoms in total. The van der Waals surface area contributed by atoms with Crippen LogP contribution in [0.15, 0.2) is 60.7 Å². The molecule has 3 N–H and O–H groups in total. The van der Waals surface area contributed by atoms with Crippen LogP contribution in [0.1, 0.15) is 33.6 Å². The van der Waals surface area contributed by atoms with Crippen LogP contribution in [0.4, 0.5) is 16.2 Å². The predicted molar refractivity (Wildman–Crippen MR) is 113 cm³/mol. The Bertz CT molecular complexity index is 817. The van der Waals surface area contributed by atoms with Gasteiger partial charge >= 0.3 is 6.09 Å². The number of carbonyl (C=O) groups excluding carboxylic acids is 3. The summed E-state index contributed by atoms with van der Waals surface area (Å²) in [6.07, 6.45) is -0.539. The highest BCUT2D eigenvalue weighted by Gasteiger charge is 2.25. The number of ether oxygens (including phenoxy) is 1. The van der Waals surface area contributed by atoms with Gasteiger partial charge in [-0.25, -0.2) is 4.79 Å². The minimum atomic E-state index is -0.924. The lowest BCUT2D eigenvalue weighted by Gasteiger charge is -2.23. The Balaban J connectivity index is 1.99. The predicted octanol–water partition coefficient (Wildman–Crippen LogP) is 3.94. The summed E-state index contributed by atoms with van der Waals surface area (Å²) in [6.45, 7) is 5.21. The molecule has 0 aliphatic heterocycles. The zero-order chi connectivity index (χ0) is 21.3. The molecule has 0 aromatic heterocycles. The molecule has 0 unspecified atom stereocenters. The van der Waals surface area contributed by atoms with Gasteiger partial charge in [0.05, 0.1) is 0 Å². The molecule has 0 aliphatic carbocycles. The van der Waals surface area contributed by atoms with Crippen LogP contribution in [0.5, 0.6) is 0 Å². The highest BCUT2D eigenvalue weighted by Crippen LogP contribution is 2.12. The third-order valence-electron chi connectivity index (χ3n) is 3.77. The van der Waals surface area contributed by atoms with Gasteiger partial charge in [-0.3, -0.25) is 9.59 Å².